The highest BCUT2D eigenvalue weighted by atomic mass is 16.4. The molecule has 2 aromatic heterocycles. The van der Waals surface area contributed by atoms with E-state index < -0.39 is 17.9 Å². The number of hydrogen-bond donors (Lipinski definition) is 2. The summed E-state index contributed by atoms with van der Waals surface area (Å²) in [7, 11) is 0. The van der Waals surface area contributed by atoms with Crippen molar-refractivity contribution >= 4 is 17.7 Å². The van der Waals surface area contributed by atoms with Gasteiger partial charge in [0.1, 0.15) is 0 Å². The topological polar surface area (TPSA) is 109 Å². The average molecular weight is 291 g/mol. The zero-order valence-electron chi connectivity index (χ0n) is 11.9. The molecule has 2 rings (SSSR count). The van der Waals surface area contributed by atoms with Crippen molar-refractivity contribution in [3.05, 3.63) is 23.8 Å². The summed E-state index contributed by atoms with van der Waals surface area (Å²) in [5.74, 6) is -0.959. The largest absolute Gasteiger partial charge is 0.481 e. The van der Waals surface area contributed by atoms with E-state index in [1.165, 1.54) is 4.40 Å². The molecule has 1 amide bonds. The monoisotopic (exact) mass is 291 g/mol. The Balaban J connectivity index is 2.19. The van der Waals surface area contributed by atoms with E-state index in [1.54, 1.807) is 12.3 Å². The molecule has 8 nitrogen and oxygen atoms in total. The minimum Gasteiger partial charge on any atom is -0.481 e. The maximum Gasteiger partial charge on any atom is 0.305 e. The van der Waals surface area contributed by atoms with Gasteiger partial charge < -0.3 is 10.4 Å². The molecule has 0 aliphatic rings. The van der Waals surface area contributed by atoms with Crippen LogP contribution in [0.4, 0.5) is 0 Å². The smallest absolute Gasteiger partial charge is 0.305 e. The number of carboxylic acid groups (broad SMARTS) is 1. The predicted octanol–water partition coefficient (Wildman–Crippen LogP) is 0.806. The van der Waals surface area contributed by atoms with E-state index >= 15 is 0 Å². The number of rotatable bonds is 6. The number of aromatic nitrogens is 4. The van der Waals surface area contributed by atoms with Gasteiger partial charge in [-0.25, -0.2) is 4.98 Å². The second kappa shape index (κ2) is 6.29. The van der Waals surface area contributed by atoms with Gasteiger partial charge in [-0.2, -0.15) is 0 Å². The zero-order valence-corrected chi connectivity index (χ0v) is 11.9. The maximum absolute atomic E-state index is 12.2. The lowest BCUT2D eigenvalue weighted by atomic mass is 10.1. The number of nitrogens with one attached hydrogen (secondary N) is 1. The van der Waals surface area contributed by atoms with Crippen LogP contribution in [0.2, 0.25) is 0 Å². The summed E-state index contributed by atoms with van der Waals surface area (Å²) >= 11 is 0. The van der Waals surface area contributed by atoms with Crippen molar-refractivity contribution in [3.8, 4) is 0 Å². The molecule has 21 heavy (non-hydrogen) atoms. The summed E-state index contributed by atoms with van der Waals surface area (Å²) in [6, 6.07) is 1.32. The van der Waals surface area contributed by atoms with Crippen LogP contribution in [0.3, 0.4) is 0 Å². The number of nitrogens with zero attached hydrogens (tertiary/aromatic N) is 4. The van der Waals surface area contributed by atoms with Crippen molar-refractivity contribution in [1.82, 2.24) is 24.9 Å². The molecule has 1 atom stereocenters. The molecule has 0 radical (unpaired) electrons. The standard InChI is InChI=1S/C13H17N5O3/c1-3-4-9(7-10(19)20)15-12(21)11-16-17-13-14-8(2)5-6-18(11)13/h5-6,9H,3-4,7H2,1-2H3,(H,15,21)(H,19,20). The van der Waals surface area contributed by atoms with E-state index in [0.29, 0.717) is 12.2 Å². The predicted molar refractivity (Wildman–Crippen MR) is 73.9 cm³/mol. The molecule has 1 unspecified atom stereocenters. The van der Waals surface area contributed by atoms with Crippen LogP contribution in [0.5, 0.6) is 0 Å². The Hall–Kier alpha value is -2.51. The number of amides is 1. The third-order valence-corrected chi connectivity index (χ3v) is 3.02. The minimum atomic E-state index is -0.947. The summed E-state index contributed by atoms with van der Waals surface area (Å²) in [6.45, 7) is 3.75. The van der Waals surface area contributed by atoms with Crippen molar-refractivity contribution in [2.24, 2.45) is 0 Å². The lowest BCUT2D eigenvalue weighted by Gasteiger charge is -2.15. The van der Waals surface area contributed by atoms with Crippen LogP contribution in [0.15, 0.2) is 12.3 Å². The lowest BCUT2D eigenvalue weighted by molar-refractivity contribution is -0.137. The van der Waals surface area contributed by atoms with Crippen LogP contribution in [0.25, 0.3) is 5.78 Å². The van der Waals surface area contributed by atoms with Gasteiger partial charge in [-0.1, -0.05) is 13.3 Å². The van der Waals surface area contributed by atoms with Crippen molar-refractivity contribution < 1.29 is 14.7 Å². The van der Waals surface area contributed by atoms with E-state index in [2.05, 4.69) is 20.5 Å². The van der Waals surface area contributed by atoms with E-state index in [-0.39, 0.29) is 12.2 Å². The van der Waals surface area contributed by atoms with Crippen LogP contribution in [0, 0.1) is 6.92 Å². The molecule has 112 valence electrons. The fourth-order valence-corrected chi connectivity index (χ4v) is 2.06. The zero-order chi connectivity index (χ0) is 15.4. The molecule has 2 heterocycles. The van der Waals surface area contributed by atoms with Gasteiger partial charge in [-0.15, -0.1) is 10.2 Å². The molecular weight excluding hydrogens is 274 g/mol. The molecule has 0 aromatic carbocycles. The summed E-state index contributed by atoms with van der Waals surface area (Å²) in [5.41, 5.74) is 0.775. The molecule has 0 saturated heterocycles. The number of carbonyl (C=O) groups is 2. The number of aliphatic carboxylic acids is 1. The first-order valence-corrected chi connectivity index (χ1v) is 6.72. The number of aryl methyl sites for hydroxylation is 1. The third kappa shape index (κ3) is 3.53. The Morgan fingerprint density at radius 1 is 1.43 bits per heavy atom. The second-order valence-electron chi connectivity index (χ2n) is 4.82. The molecule has 2 aromatic rings. The van der Waals surface area contributed by atoms with Gasteiger partial charge >= 0.3 is 5.97 Å². The van der Waals surface area contributed by atoms with Crippen LogP contribution in [0.1, 0.15) is 42.5 Å². The summed E-state index contributed by atoms with van der Waals surface area (Å²) in [4.78, 5) is 27.2. The van der Waals surface area contributed by atoms with Gasteiger partial charge in [0.05, 0.1) is 6.42 Å². The Morgan fingerprint density at radius 2 is 2.19 bits per heavy atom. The number of hydrogen-bond acceptors (Lipinski definition) is 5. The van der Waals surface area contributed by atoms with E-state index in [1.807, 2.05) is 13.8 Å². The van der Waals surface area contributed by atoms with Crippen molar-refractivity contribution in [1.29, 1.82) is 0 Å². The molecule has 0 spiro atoms. The molecule has 0 saturated carbocycles. The Bertz CT molecular complexity index is 667. The Labute approximate surface area is 121 Å². The summed E-state index contributed by atoms with van der Waals surface area (Å²) < 4.78 is 1.48. The molecule has 8 heteroatoms. The van der Waals surface area contributed by atoms with Crippen LogP contribution in [-0.2, 0) is 4.79 Å². The van der Waals surface area contributed by atoms with Crippen molar-refractivity contribution in [2.45, 2.75) is 39.2 Å². The first kappa shape index (κ1) is 14.9. The van der Waals surface area contributed by atoms with E-state index in [0.717, 1.165) is 12.1 Å². The fourth-order valence-electron chi connectivity index (χ4n) is 2.06. The van der Waals surface area contributed by atoms with Crippen LogP contribution in [-0.4, -0.2) is 42.6 Å². The number of carboxylic acids is 1. The SMILES string of the molecule is CCCC(CC(=O)O)NC(=O)c1nnc2nc(C)ccn12. The average Bonchev–Trinajstić information content (AvgIpc) is 2.81. The first-order chi connectivity index (χ1) is 10.0. The Kier molecular flexibility index (Phi) is 4.46. The van der Waals surface area contributed by atoms with Gasteiger partial charge in [0.15, 0.2) is 0 Å². The highest BCUT2D eigenvalue weighted by Gasteiger charge is 2.20. The summed E-state index contributed by atoms with van der Waals surface area (Å²) in [5, 5.41) is 19.2. The fraction of sp³-hybridized carbons (Fsp3) is 0.462. The van der Waals surface area contributed by atoms with Crippen molar-refractivity contribution in [3.63, 3.8) is 0 Å². The number of fused-ring (bicyclic) bond motifs is 1. The molecule has 0 aliphatic heterocycles. The van der Waals surface area contributed by atoms with Crippen LogP contribution < -0.4 is 5.32 Å². The van der Waals surface area contributed by atoms with Gasteiger partial charge in [0.25, 0.3) is 11.7 Å². The molecule has 2 N–H and O–H groups in total. The highest BCUT2D eigenvalue weighted by Crippen LogP contribution is 2.06. The highest BCUT2D eigenvalue weighted by molar-refractivity contribution is 5.91. The second-order valence-corrected chi connectivity index (χ2v) is 4.82. The van der Waals surface area contributed by atoms with Crippen molar-refractivity contribution in [2.75, 3.05) is 0 Å². The maximum atomic E-state index is 12.2. The molecule has 0 aliphatic carbocycles. The molecule has 0 bridgehead atoms. The van der Waals surface area contributed by atoms with Crippen LogP contribution >= 0.6 is 0 Å². The normalized spacial score (nSPS) is 12.3. The molecular formula is C13H17N5O3. The Morgan fingerprint density at radius 3 is 2.86 bits per heavy atom. The minimum absolute atomic E-state index is 0.101. The lowest BCUT2D eigenvalue weighted by Crippen LogP contribution is -2.37. The van der Waals surface area contributed by atoms with Gasteiger partial charge in [0.2, 0.25) is 5.82 Å². The molecule has 0 fully saturated rings. The van der Waals surface area contributed by atoms with Gasteiger partial charge in [0, 0.05) is 17.9 Å². The number of carbonyl (C=O) groups excluding carboxylic acids is 1. The van der Waals surface area contributed by atoms with Gasteiger partial charge in [-0.05, 0) is 19.4 Å². The van der Waals surface area contributed by atoms with E-state index in [9.17, 15) is 9.59 Å². The summed E-state index contributed by atoms with van der Waals surface area (Å²) in [6.07, 6.45) is 2.91. The first-order valence-electron chi connectivity index (χ1n) is 6.72. The van der Waals surface area contributed by atoms with E-state index in [4.69, 9.17) is 5.11 Å². The quantitative estimate of drug-likeness (QED) is 0.815. The van der Waals surface area contributed by atoms with Gasteiger partial charge in [-0.3, -0.25) is 14.0 Å². The third-order valence-electron chi connectivity index (χ3n) is 3.02.